The first-order valence-electron chi connectivity index (χ1n) is 8.16. The highest BCUT2D eigenvalue weighted by Crippen LogP contribution is 2.18. The molecule has 0 atom stereocenters. The van der Waals surface area contributed by atoms with E-state index in [1.165, 1.54) is 24.3 Å². The number of hydrogen-bond acceptors (Lipinski definition) is 4. The molecule has 0 radical (unpaired) electrons. The van der Waals surface area contributed by atoms with Crippen LogP contribution in [0.25, 0.3) is 0 Å². The number of carbonyl (C=O) groups is 2. The van der Waals surface area contributed by atoms with E-state index in [1.807, 2.05) is 6.07 Å². The molecule has 3 aromatic rings. The Morgan fingerprint density at radius 2 is 1.30 bits per heavy atom. The van der Waals surface area contributed by atoms with Gasteiger partial charge in [-0.25, -0.2) is 8.42 Å². The Bertz CT molecular complexity index is 1090. The van der Waals surface area contributed by atoms with Crippen LogP contribution in [0.15, 0.2) is 83.8 Å². The van der Waals surface area contributed by atoms with Crippen molar-refractivity contribution in [3.8, 4) is 0 Å². The third-order valence-electron chi connectivity index (χ3n) is 3.99. The second kappa shape index (κ2) is 7.55. The van der Waals surface area contributed by atoms with Gasteiger partial charge in [0.2, 0.25) is 0 Å². The normalized spacial score (nSPS) is 11.0. The van der Waals surface area contributed by atoms with E-state index in [1.54, 1.807) is 48.5 Å². The predicted molar refractivity (Wildman–Crippen MR) is 104 cm³/mol. The van der Waals surface area contributed by atoms with Crippen LogP contribution < -0.4 is 5.32 Å². The quantitative estimate of drug-likeness (QED) is 0.687. The van der Waals surface area contributed by atoms with E-state index < -0.39 is 15.7 Å². The first-order chi connectivity index (χ1) is 12.9. The van der Waals surface area contributed by atoms with E-state index in [0.717, 1.165) is 6.26 Å². The molecule has 136 valence electrons. The number of carbonyl (C=O) groups excluding carboxylic acids is 2. The average Bonchev–Trinajstić information content (AvgIpc) is 2.68. The van der Waals surface area contributed by atoms with Crippen molar-refractivity contribution in [1.29, 1.82) is 0 Å². The van der Waals surface area contributed by atoms with Crippen LogP contribution in [-0.4, -0.2) is 26.4 Å². The minimum atomic E-state index is -3.31. The molecule has 0 aliphatic carbocycles. The third kappa shape index (κ3) is 4.30. The maximum Gasteiger partial charge on any atom is 0.256 e. The standard InChI is InChI=1S/C21H17NO4S/c1-27(25,26)17-13-11-16(12-14-17)22-21(24)19-10-6-5-9-18(19)20(23)15-7-3-2-4-8-15/h2-14H,1H3,(H,22,24). The molecule has 0 unspecified atom stereocenters. The topological polar surface area (TPSA) is 80.3 Å². The molecule has 1 amide bonds. The zero-order chi connectivity index (χ0) is 19.4. The van der Waals surface area contributed by atoms with E-state index >= 15 is 0 Å². The largest absolute Gasteiger partial charge is 0.322 e. The van der Waals surface area contributed by atoms with Crippen molar-refractivity contribution >= 4 is 27.2 Å². The summed E-state index contributed by atoms with van der Waals surface area (Å²) in [5, 5.41) is 2.70. The van der Waals surface area contributed by atoms with Crippen molar-refractivity contribution in [2.75, 3.05) is 11.6 Å². The highest BCUT2D eigenvalue weighted by atomic mass is 32.2. The molecule has 1 N–H and O–H groups in total. The number of amides is 1. The second-order valence-corrected chi connectivity index (χ2v) is 8.01. The molecule has 6 heteroatoms. The predicted octanol–water partition coefficient (Wildman–Crippen LogP) is 3.57. The maximum atomic E-state index is 12.7. The zero-order valence-corrected chi connectivity index (χ0v) is 15.4. The monoisotopic (exact) mass is 379 g/mol. The van der Waals surface area contributed by atoms with Gasteiger partial charge in [0.15, 0.2) is 15.6 Å². The molecule has 0 heterocycles. The van der Waals surface area contributed by atoms with Gasteiger partial charge in [-0.2, -0.15) is 0 Å². The summed E-state index contributed by atoms with van der Waals surface area (Å²) >= 11 is 0. The molecule has 0 aromatic heterocycles. The Labute approximate surface area is 157 Å². The summed E-state index contributed by atoms with van der Waals surface area (Å²) < 4.78 is 23.0. The zero-order valence-electron chi connectivity index (χ0n) is 14.5. The van der Waals surface area contributed by atoms with Crippen molar-refractivity contribution in [1.82, 2.24) is 0 Å². The Kier molecular flexibility index (Phi) is 5.19. The lowest BCUT2D eigenvalue weighted by Crippen LogP contribution is -2.17. The summed E-state index contributed by atoms with van der Waals surface area (Å²) in [7, 11) is -3.31. The van der Waals surface area contributed by atoms with Gasteiger partial charge in [0, 0.05) is 23.1 Å². The van der Waals surface area contributed by atoms with Crippen molar-refractivity contribution in [2.45, 2.75) is 4.90 Å². The Hall–Kier alpha value is -3.25. The molecule has 27 heavy (non-hydrogen) atoms. The molecule has 0 spiro atoms. The fourth-order valence-electron chi connectivity index (χ4n) is 2.61. The van der Waals surface area contributed by atoms with Crippen LogP contribution in [0.1, 0.15) is 26.3 Å². The molecular formula is C21H17NO4S. The third-order valence-corrected chi connectivity index (χ3v) is 5.12. The van der Waals surface area contributed by atoms with E-state index in [2.05, 4.69) is 5.32 Å². The molecule has 0 saturated heterocycles. The van der Waals surface area contributed by atoms with Crippen LogP contribution in [0.4, 0.5) is 5.69 Å². The van der Waals surface area contributed by atoms with E-state index in [0.29, 0.717) is 16.8 Å². The highest BCUT2D eigenvalue weighted by Gasteiger charge is 2.18. The maximum absolute atomic E-state index is 12.7. The van der Waals surface area contributed by atoms with Gasteiger partial charge in [0.25, 0.3) is 5.91 Å². The van der Waals surface area contributed by atoms with Crippen LogP contribution >= 0.6 is 0 Å². The minimum absolute atomic E-state index is 0.167. The van der Waals surface area contributed by atoms with Crippen LogP contribution in [0.2, 0.25) is 0 Å². The van der Waals surface area contributed by atoms with E-state index in [4.69, 9.17) is 0 Å². The van der Waals surface area contributed by atoms with E-state index in [-0.39, 0.29) is 16.2 Å². The van der Waals surface area contributed by atoms with Crippen molar-refractivity contribution in [2.24, 2.45) is 0 Å². The molecule has 0 fully saturated rings. The number of ketones is 1. The molecule has 5 nitrogen and oxygen atoms in total. The summed E-state index contributed by atoms with van der Waals surface area (Å²) in [6, 6.07) is 21.2. The van der Waals surface area contributed by atoms with Crippen molar-refractivity contribution < 1.29 is 18.0 Å². The lowest BCUT2D eigenvalue weighted by Gasteiger charge is -2.10. The number of nitrogens with one attached hydrogen (secondary N) is 1. The number of rotatable bonds is 5. The van der Waals surface area contributed by atoms with Crippen LogP contribution in [0, 0.1) is 0 Å². The van der Waals surface area contributed by atoms with Crippen LogP contribution in [-0.2, 0) is 9.84 Å². The van der Waals surface area contributed by atoms with Gasteiger partial charge in [-0.15, -0.1) is 0 Å². The average molecular weight is 379 g/mol. The van der Waals surface area contributed by atoms with Gasteiger partial charge < -0.3 is 5.32 Å². The van der Waals surface area contributed by atoms with Gasteiger partial charge in [-0.05, 0) is 30.3 Å². The SMILES string of the molecule is CS(=O)(=O)c1ccc(NC(=O)c2ccccc2C(=O)c2ccccc2)cc1. The number of hydrogen-bond donors (Lipinski definition) is 1. The Morgan fingerprint density at radius 1 is 0.741 bits per heavy atom. The lowest BCUT2D eigenvalue weighted by molar-refractivity contribution is 0.0996. The summed E-state index contributed by atoms with van der Waals surface area (Å²) in [6.07, 6.45) is 1.12. The minimum Gasteiger partial charge on any atom is -0.322 e. The Morgan fingerprint density at radius 3 is 1.89 bits per heavy atom. The molecule has 3 rings (SSSR count). The number of sulfone groups is 1. The molecule has 0 aliphatic heterocycles. The molecular weight excluding hydrogens is 362 g/mol. The fourth-order valence-corrected chi connectivity index (χ4v) is 3.24. The van der Waals surface area contributed by atoms with Crippen molar-refractivity contribution in [3.63, 3.8) is 0 Å². The van der Waals surface area contributed by atoms with Gasteiger partial charge >= 0.3 is 0 Å². The van der Waals surface area contributed by atoms with Crippen molar-refractivity contribution in [3.05, 3.63) is 95.6 Å². The van der Waals surface area contributed by atoms with Crippen LogP contribution in [0.5, 0.6) is 0 Å². The van der Waals surface area contributed by atoms with Gasteiger partial charge in [0.05, 0.1) is 10.5 Å². The smallest absolute Gasteiger partial charge is 0.256 e. The fraction of sp³-hybridized carbons (Fsp3) is 0.0476. The summed E-state index contributed by atoms with van der Waals surface area (Å²) in [5.41, 5.74) is 1.48. The first-order valence-corrected chi connectivity index (χ1v) is 10.1. The number of anilines is 1. The molecule has 0 aliphatic rings. The summed E-state index contributed by atoms with van der Waals surface area (Å²) in [4.78, 5) is 25.6. The first kappa shape index (κ1) is 18.5. The summed E-state index contributed by atoms with van der Waals surface area (Å²) in [5.74, 6) is -0.684. The molecule has 0 saturated carbocycles. The lowest BCUT2D eigenvalue weighted by atomic mass is 9.98. The molecule has 0 bridgehead atoms. The second-order valence-electron chi connectivity index (χ2n) is 5.99. The van der Waals surface area contributed by atoms with Gasteiger partial charge in [-0.3, -0.25) is 9.59 Å². The molecule has 3 aromatic carbocycles. The summed E-state index contributed by atoms with van der Waals surface area (Å²) in [6.45, 7) is 0. The Balaban J connectivity index is 1.87. The number of benzene rings is 3. The van der Waals surface area contributed by atoms with Gasteiger partial charge in [-0.1, -0.05) is 48.5 Å². The van der Waals surface area contributed by atoms with E-state index in [9.17, 15) is 18.0 Å². The van der Waals surface area contributed by atoms with Crippen LogP contribution in [0.3, 0.4) is 0 Å². The highest BCUT2D eigenvalue weighted by molar-refractivity contribution is 7.90. The van der Waals surface area contributed by atoms with Gasteiger partial charge in [0.1, 0.15) is 0 Å².